The van der Waals surface area contributed by atoms with Crippen molar-refractivity contribution in [2.24, 2.45) is 5.73 Å². The lowest BCUT2D eigenvalue weighted by molar-refractivity contribution is -0.137. The summed E-state index contributed by atoms with van der Waals surface area (Å²) in [7, 11) is 0. The van der Waals surface area contributed by atoms with E-state index in [1.807, 2.05) is 0 Å². The number of carbonyl (C=O) groups is 1. The fraction of sp³-hybridized carbons (Fsp3) is 0.462. The fourth-order valence-corrected chi connectivity index (χ4v) is 1.61. The van der Waals surface area contributed by atoms with Crippen LogP contribution in [0.3, 0.4) is 0 Å². The second-order valence-corrected chi connectivity index (χ2v) is 4.41. The summed E-state index contributed by atoms with van der Waals surface area (Å²) in [5, 5.41) is 11.7. The molecular weight excluding hydrogens is 216 g/mol. The number of rotatable bonds is 6. The van der Waals surface area contributed by atoms with Crippen LogP contribution in [0.1, 0.15) is 23.1 Å². The Labute approximate surface area is 102 Å². The van der Waals surface area contributed by atoms with Crippen molar-refractivity contribution in [1.29, 1.82) is 0 Å². The highest BCUT2D eigenvalue weighted by Gasteiger charge is 2.07. The monoisotopic (exact) mass is 236 g/mol. The van der Waals surface area contributed by atoms with E-state index in [9.17, 15) is 4.79 Å². The van der Waals surface area contributed by atoms with Gasteiger partial charge in [0.15, 0.2) is 0 Å². The van der Waals surface area contributed by atoms with Crippen molar-refractivity contribution in [2.75, 3.05) is 6.54 Å². The molecule has 1 unspecified atom stereocenters. The first-order chi connectivity index (χ1) is 7.99. The van der Waals surface area contributed by atoms with Crippen molar-refractivity contribution in [3.05, 3.63) is 34.9 Å². The molecule has 4 heteroatoms. The Kier molecular flexibility index (Phi) is 5.12. The Morgan fingerprint density at radius 2 is 2.12 bits per heavy atom. The quantitative estimate of drug-likeness (QED) is 0.693. The second kappa shape index (κ2) is 6.37. The largest absolute Gasteiger partial charge is 0.481 e. The van der Waals surface area contributed by atoms with Crippen molar-refractivity contribution >= 4 is 5.97 Å². The molecule has 0 bridgehead atoms. The van der Waals surface area contributed by atoms with Crippen molar-refractivity contribution < 1.29 is 9.90 Å². The molecule has 1 rings (SSSR count). The van der Waals surface area contributed by atoms with Gasteiger partial charge in [0.25, 0.3) is 0 Å². The summed E-state index contributed by atoms with van der Waals surface area (Å²) in [6.07, 6.45) is -0.0000738. The Morgan fingerprint density at radius 1 is 1.41 bits per heavy atom. The zero-order chi connectivity index (χ0) is 12.8. The smallest absolute Gasteiger partial charge is 0.304 e. The highest BCUT2D eigenvalue weighted by atomic mass is 16.4. The molecule has 0 aliphatic carbocycles. The predicted molar refractivity (Wildman–Crippen MR) is 67.9 cm³/mol. The van der Waals surface area contributed by atoms with E-state index in [-0.39, 0.29) is 12.5 Å². The first-order valence-corrected chi connectivity index (χ1v) is 5.73. The number of benzene rings is 1. The lowest BCUT2D eigenvalue weighted by atomic mass is 10.1. The predicted octanol–water partition coefficient (Wildman–Crippen LogP) is 1.20. The first-order valence-electron chi connectivity index (χ1n) is 5.73. The number of nitrogens with one attached hydrogen (secondary N) is 1. The van der Waals surface area contributed by atoms with Crippen LogP contribution in [0.5, 0.6) is 0 Å². The zero-order valence-electron chi connectivity index (χ0n) is 10.4. The van der Waals surface area contributed by atoms with Crippen molar-refractivity contribution in [3.63, 3.8) is 0 Å². The summed E-state index contributed by atoms with van der Waals surface area (Å²) in [4.78, 5) is 10.4. The molecule has 4 N–H and O–H groups in total. The average molecular weight is 236 g/mol. The minimum absolute atomic E-state index is 0.0000738. The Bertz CT molecular complexity index is 391. The summed E-state index contributed by atoms with van der Waals surface area (Å²) in [5.74, 6) is -0.856. The van der Waals surface area contributed by atoms with Crippen LogP contribution in [0.4, 0.5) is 0 Å². The minimum Gasteiger partial charge on any atom is -0.481 e. The number of hydrogen-bond donors (Lipinski definition) is 3. The van der Waals surface area contributed by atoms with E-state index in [0.717, 1.165) is 0 Å². The van der Waals surface area contributed by atoms with Crippen molar-refractivity contribution in [3.8, 4) is 0 Å². The Balaban J connectivity index is 2.35. The normalized spacial score (nSPS) is 12.4. The molecule has 0 amide bonds. The molecule has 0 heterocycles. The number of aliphatic carboxylic acids is 1. The van der Waals surface area contributed by atoms with Gasteiger partial charge in [-0.25, -0.2) is 0 Å². The van der Waals surface area contributed by atoms with Crippen LogP contribution in [0.2, 0.25) is 0 Å². The molecule has 0 aliphatic rings. The first kappa shape index (κ1) is 13.7. The molecule has 0 spiro atoms. The highest BCUT2D eigenvalue weighted by molar-refractivity contribution is 5.67. The van der Waals surface area contributed by atoms with Gasteiger partial charge in [-0.2, -0.15) is 0 Å². The van der Waals surface area contributed by atoms with Crippen LogP contribution in [0.25, 0.3) is 0 Å². The van der Waals surface area contributed by atoms with Crippen LogP contribution in [-0.4, -0.2) is 23.7 Å². The molecule has 0 saturated carbocycles. The maximum atomic E-state index is 10.4. The fourth-order valence-electron chi connectivity index (χ4n) is 1.61. The van der Waals surface area contributed by atoms with Gasteiger partial charge in [-0.1, -0.05) is 18.2 Å². The molecule has 0 aromatic heterocycles. The number of aryl methyl sites for hydroxylation is 2. The van der Waals surface area contributed by atoms with Crippen molar-refractivity contribution in [1.82, 2.24) is 5.32 Å². The third-order valence-electron chi connectivity index (χ3n) is 2.74. The molecule has 4 nitrogen and oxygen atoms in total. The summed E-state index contributed by atoms with van der Waals surface area (Å²) >= 11 is 0. The summed E-state index contributed by atoms with van der Waals surface area (Å²) in [6.45, 7) is 5.39. The molecule has 0 aliphatic heterocycles. The van der Waals surface area contributed by atoms with Crippen LogP contribution in [-0.2, 0) is 11.3 Å². The molecule has 0 saturated heterocycles. The summed E-state index contributed by atoms with van der Waals surface area (Å²) in [6, 6.07) is 5.95. The summed E-state index contributed by atoms with van der Waals surface area (Å²) < 4.78 is 0. The highest BCUT2D eigenvalue weighted by Crippen LogP contribution is 2.09. The van der Waals surface area contributed by atoms with E-state index in [0.29, 0.717) is 13.1 Å². The van der Waals surface area contributed by atoms with Gasteiger partial charge in [-0.3, -0.25) is 4.79 Å². The lowest BCUT2D eigenvalue weighted by Gasteiger charge is -2.11. The number of nitrogens with two attached hydrogens (primary N) is 1. The maximum absolute atomic E-state index is 10.4. The van der Waals surface area contributed by atoms with E-state index < -0.39 is 5.97 Å². The third kappa shape index (κ3) is 4.97. The van der Waals surface area contributed by atoms with Crippen LogP contribution in [0.15, 0.2) is 18.2 Å². The van der Waals surface area contributed by atoms with E-state index in [1.165, 1.54) is 16.7 Å². The minimum atomic E-state index is -0.856. The van der Waals surface area contributed by atoms with E-state index in [1.54, 1.807) is 0 Å². The third-order valence-corrected chi connectivity index (χ3v) is 2.74. The van der Waals surface area contributed by atoms with Gasteiger partial charge in [0.1, 0.15) is 0 Å². The molecule has 1 aromatic carbocycles. The molecule has 17 heavy (non-hydrogen) atoms. The van der Waals surface area contributed by atoms with Gasteiger partial charge in [0.05, 0.1) is 6.42 Å². The van der Waals surface area contributed by atoms with Gasteiger partial charge in [0.2, 0.25) is 0 Å². The molecule has 0 radical (unpaired) electrons. The summed E-state index contributed by atoms with van der Waals surface area (Å²) in [5.41, 5.74) is 9.38. The van der Waals surface area contributed by atoms with E-state index in [4.69, 9.17) is 10.8 Å². The van der Waals surface area contributed by atoms with Gasteiger partial charge in [-0.05, 0) is 30.5 Å². The number of carboxylic acid groups (broad SMARTS) is 1. The number of hydrogen-bond acceptors (Lipinski definition) is 3. The van der Waals surface area contributed by atoms with Crippen LogP contribution >= 0.6 is 0 Å². The van der Waals surface area contributed by atoms with Crippen LogP contribution < -0.4 is 11.1 Å². The Morgan fingerprint density at radius 3 is 2.71 bits per heavy atom. The van der Waals surface area contributed by atoms with Gasteiger partial charge >= 0.3 is 5.97 Å². The molecule has 94 valence electrons. The lowest BCUT2D eigenvalue weighted by Crippen LogP contribution is -2.35. The standard InChI is InChI=1S/C13H20N2O2/c1-9-3-4-11(5-10(9)2)7-15-8-12(14)6-13(16)17/h3-5,12,15H,6-8,14H2,1-2H3,(H,16,17). The molecule has 0 fully saturated rings. The molecule has 1 atom stereocenters. The van der Waals surface area contributed by atoms with E-state index >= 15 is 0 Å². The molecular formula is C13H20N2O2. The average Bonchev–Trinajstić information content (AvgIpc) is 2.22. The SMILES string of the molecule is Cc1ccc(CNCC(N)CC(=O)O)cc1C. The number of carboxylic acids is 1. The van der Waals surface area contributed by atoms with Gasteiger partial charge in [0, 0.05) is 19.1 Å². The maximum Gasteiger partial charge on any atom is 0.304 e. The molecule has 1 aromatic rings. The zero-order valence-corrected chi connectivity index (χ0v) is 10.4. The van der Waals surface area contributed by atoms with Crippen molar-refractivity contribution in [2.45, 2.75) is 32.9 Å². The topological polar surface area (TPSA) is 75.3 Å². The van der Waals surface area contributed by atoms with E-state index in [2.05, 4.69) is 37.4 Å². The van der Waals surface area contributed by atoms with Gasteiger partial charge in [-0.15, -0.1) is 0 Å². The second-order valence-electron chi connectivity index (χ2n) is 4.41. The van der Waals surface area contributed by atoms with Gasteiger partial charge < -0.3 is 16.2 Å². The Hall–Kier alpha value is -1.39. The van der Waals surface area contributed by atoms with Crippen LogP contribution in [0, 0.1) is 13.8 Å².